The van der Waals surface area contributed by atoms with Gasteiger partial charge in [-0.2, -0.15) is 0 Å². The Labute approximate surface area is 134 Å². The monoisotopic (exact) mass is 353 g/mol. The van der Waals surface area contributed by atoms with Crippen LogP contribution in [0.25, 0.3) is 0 Å². The number of nitrogens with zero attached hydrogens (tertiary/aromatic N) is 1. The Bertz CT molecular complexity index is 478. The summed E-state index contributed by atoms with van der Waals surface area (Å²) in [7, 11) is 0. The van der Waals surface area contributed by atoms with Crippen molar-refractivity contribution in [2.75, 3.05) is 32.8 Å². The van der Waals surface area contributed by atoms with E-state index in [4.69, 9.17) is 4.74 Å². The van der Waals surface area contributed by atoms with Crippen LogP contribution in [-0.4, -0.2) is 49.7 Å². The van der Waals surface area contributed by atoms with Gasteiger partial charge in [0, 0.05) is 16.6 Å². The molecule has 2 aliphatic heterocycles. The molecule has 4 nitrogen and oxygen atoms in total. The fraction of sp³-hybridized carbons (Fsp3) is 0.562. The van der Waals surface area contributed by atoms with E-state index in [-0.39, 0.29) is 12.0 Å². The Morgan fingerprint density at radius 1 is 1.29 bits per heavy atom. The molecule has 0 aromatic heterocycles. The van der Waals surface area contributed by atoms with E-state index in [1.807, 2.05) is 4.90 Å². The first-order valence-electron chi connectivity index (χ1n) is 7.71. The molecule has 1 amide bonds. The average Bonchev–Trinajstić information content (AvgIpc) is 3.04. The second-order valence-electron chi connectivity index (χ2n) is 5.88. The molecule has 21 heavy (non-hydrogen) atoms. The zero-order valence-electron chi connectivity index (χ0n) is 12.2. The maximum atomic E-state index is 12.3. The summed E-state index contributed by atoms with van der Waals surface area (Å²) < 4.78 is 6.62. The van der Waals surface area contributed by atoms with Crippen LogP contribution in [0.3, 0.4) is 0 Å². The van der Waals surface area contributed by atoms with Crippen molar-refractivity contribution in [1.82, 2.24) is 4.90 Å². The number of halogens is 1. The second-order valence-corrected chi connectivity index (χ2v) is 6.80. The summed E-state index contributed by atoms with van der Waals surface area (Å²) in [6.45, 7) is 5.53. The van der Waals surface area contributed by atoms with Crippen LogP contribution in [0.15, 0.2) is 28.7 Å². The van der Waals surface area contributed by atoms with Crippen LogP contribution in [-0.2, 0) is 16.1 Å². The number of benzene rings is 1. The Kier molecular flexibility index (Phi) is 4.93. The van der Waals surface area contributed by atoms with E-state index < -0.39 is 0 Å². The molecule has 1 aromatic rings. The van der Waals surface area contributed by atoms with Crippen molar-refractivity contribution in [2.24, 2.45) is 0 Å². The van der Waals surface area contributed by atoms with Gasteiger partial charge in [0.1, 0.15) is 12.6 Å². The first kappa shape index (κ1) is 15.0. The van der Waals surface area contributed by atoms with Gasteiger partial charge in [0.2, 0.25) is 0 Å². The fourth-order valence-corrected chi connectivity index (χ4v) is 3.35. The third-order valence-electron chi connectivity index (χ3n) is 4.35. The molecule has 0 unspecified atom stereocenters. The standard InChI is InChI=1S/C16H21BrN2O2/c17-14-5-3-13(4-6-14)12-18-7-9-19(10-8-18)16(20)15-2-1-11-21-15/h3-6,15H,1-2,7-12H2/p+1/t15-/m0/s1. The lowest BCUT2D eigenvalue weighted by atomic mass is 10.1. The number of carbonyl (C=O) groups excluding carboxylic acids is 1. The Morgan fingerprint density at radius 2 is 2.00 bits per heavy atom. The Morgan fingerprint density at radius 3 is 2.62 bits per heavy atom. The number of amides is 1. The lowest BCUT2D eigenvalue weighted by Gasteiger charge is -2.33. The van der Waals surface area contributed by atoms with Crippen LogP contribution in [0.5, 0.6) is 0 Å². The Balaban J connectivity index is 1.48. The van der Waals surface area contributed by atoms with E-state index >= 15 is 0 Å². The number of piperazine rings is 1. The molecular weight excluding hydrogens is 332 g/mol. The minimum Gasteiger partial charge on any atom is -0.368 e. The van der Waals surface area contributed by atoms with Crippen molar-refractivity contribution in [3.8, 4) is 0 Å². The minimum absolute atomic E-state index is 0.168. The van der Waals surface area contributed by atoms with Crippen molar-refractivity contribution >= 4 is 21.8 Å². The van der Waals surface area contributed by atoms with Crippen molar-refractivity contribution < 1.29 is 14.4 Å². The predicted molar refractivity (Wildman–Crippen MR) is 84.1 cm³/mol. The molecule has 0 aliphatic carbocycles. The summed E-state index contributed by atoms with van der Waals surface area (Å²) in [5, 5.41) is 0. The van der Waals surface area contributed by atoms with Gasteiger partial charge in [0.05, 0.1) is 26.2 Å². The van der Waals surface area contributed by atoms with Crippen molar-refractivity contribution in [1.29, 1.82) is 0 Å². The highest BCUT2D eigenvalue weighted by molar-refractivity contribution is 9.10. The minimum atomic E-state index is -0.168. The molecule has 0 radical (unpaired) electrons. The molecule has 0 spiro atoms. The largest absolute Gasteiger partial charge is 0.368 e. The predicted octanol–water partition coefficient (Wildman–Crippen LogP) is 0.855. The molecule has 0 saturated carbocycles. The number of rotatable bonds is 3. The first-order valence-corrected chi connectivity index (χ1v) is 8.50. The highest BCUT2D eigenvalue weighted by atomic mass is 79.9. The molecule has 1 aromatic carbocycles. The maximum Gasteiger partial charge on any atom is 0.252 e. The second kappa shape index (κ2) is 6.90. The molecule has 2 fully saturated rings. The summed E-state index contributed by atoms with van der Waals surface area (Å²) >= 11 is 3.46. The summed E-state index contributed by atoms with van der Waals surface area (Å²) in [6.07, 6.45) is 1.74. The van der Waals surface area contributed by atoms with E-state index in [9.17, 15) is 4.79 Å². The van der Waals surface area contributed by atoms with Crippen LogP contribution in [0.4, 0.5) is 0 Å². The lowest BCUT2D eigenvalue weighted by molar-refractivity contribution is -0.917. The zero-order valence-corrected chi connectivity index (χ0v) is 13.8. The van der Waals surface area contributed by atoms with Crippen molar-refractivity contribution in [3.05, 3.63) is 34.3 Å². The fourth-order valence-electron chi connectivity index (χ4n) is 3.09. The quantitative estimate of drug-likeness (QED) is 0.874. The van der Waals surface area contributed by atoms with E-state index in [2.05, 4.69) is 40.2 Å². The summed E-state index contributed by atoms with van der Waals surface area (Å²) in [5.74, 6) is 0.204. The van der Waals surface area contributed by atoms with Gasteiger partial charge in [0.25, 0.3) is 5.91 Å². The molecule has 1 atom stereocenters. The first-order chi connectivity index (χ1) is 10.2. The number of ether oxygens (including phenoxy) is 1. The van der Waals surface area contributed by atoms with Crippen molar-refractivity contribution in [2.45, 2.75) is 25.5 Å². The highest BCUT2D eigenvalue weighted by Gasteiger charge is 2.31. The molecule has 5 heteroatoms. The maximum absolute atomic E-state index is 12.3. The topological polar surface area (TPSA) is 34.0 Å². The van der Waals surface area contributed by atoms with Gasteiger partial charge in [-0.1, -0.05) is 28.1 Å². The number of hydrogen-bond donors (Lipinski definition) is 1. The van der Waals surface area contributed by atoms with E-state index in [1.165, 1.54) is 5.56 Å². The van der Waals surface area contributed by atoms with Crippen LogP contribution < -0.4 is 4.90 Å². The van der Waals surface area contributed by atoms with Crippen LogP contribution in [0.2, 0.25) is 0 Å². The number of carbonyl (C=O) groups is 1. The van der Waals surface area contributed by atoms with E-state index in [1.54, 1.807) is 4.90 Å². The summed E-state index contributed by atoms with van der Waals surface area (Å²) in [5.41, 5.74) is 1.35. The molecule has 1 N–H and O–H groups in total. The summed E-state index contributed by atoms with van der Waals surface area (Å²) in [6, 6.07) is 8.51. The highest BCUT2D eigenvalue weighted by Crippen LogP contribution is 2.15. The van der Waals surface area contributed by atoms with E-state index in [0.717, 1.165) is 56.6 Å². The summed E-state index contributed by atoms with van der Waals surface area (Å²) in [4.78, 5) is 15.8. The molecule has 3 rings (SSSR count). The lowest BCUT2D eigenvalue weighted by Crippen LogP contribution is -3.13. The van der Waals surface area contributed by atoms with Gasteiger partial charge in [-0.15, -0.1) is 0 Å². The van der Waals surface area contributed by atoms with Crippen LogP contribution >= 0.6 is 15.9 Å². The number of nitrogens with one attached hydrogen (secondary N) is 1. The van der Waals surface area contributed by atoms with E-state index in [0.29, 0.717) is 0 Å². The van der Waals surface area contributed by atoms with Gasteiger partial charge in [0.15, 0.2) is 0 Å². The van der Waals surface area contributed by atoms with Gasteiger partial charge < -0.3 is 14.5 Å². The van der Waals surface area contributed by atoms with Gasteiger partial charge in [-0.25, -0.2) is 0 Å². The molecule has 114 valence electrons. The Hall–Kier alpha value is -0.910. The average molecular weight is 354 g/mol. The molecular formula is C16H22BrN2O2+. The van der Waals surface area contributed by atoms with Crippen molar-refractivity contribution in [3.63, 3.8) is 0 Å². The van der Waals surface area contributed by atoms with Gasteiger partial charge >= 0.3 is 0 Å². The molecule has 2 saturated heterocycles. The number of quaternary nitrogens is 1. The third kappa shape index (κ3) is 3.84. The normalized spacial score (nSPS) is 23.5. The number of hydrogen-bond acceptors (Lipinski definition) is 2. The zero-order chi connectivity index (χ0) is 14.7. The van der Waals surface area contributed by atoms with Gasteiger partial charge in [-0.05, 0) is 25.0 Å². The molecule has 2 heterocycles. The van der Waals surface area contributed by atoms with Crippen LogP contribution in [0.1, 0.15) is 18.4 Å². The van der Waals surface area contributed by atoms with Crippen LogP contribution in [0, 0.1) is 0 Å². The smallest absolute Gasteiger partial charge is 0.252 e. The third-order valence-corrected chi connectivity index (χ3v) is 4.88. The molecule has 0 bridgehead atoms. The van der Waals surface area contributed by atoms with Gasteiger partial charge in [-0.3, -0.25) is 4.79 Å². The SMILES string of the molecule is O=C([C@@H]1CCCO1)N1CC[NH+](Cc2ccc(Br)cc2)CC1. The molecule has 2 aliphatic rings.